The van der Waals surface area contributed by atoms with E-state index < -0.39 is 0 Å². The molecule has 0 radical (unpaired) electrons. The Kier molecular flexibility index (Phi) is 4.34. The molecule has 0 aliphatic carbocycles. The largest absolute Gasteiger partial charge is 0.465 e. The Morgan fingerprint density at radius 2 is 2.30 bits per heavy atom. The molecule has 0 saturated carbocycles. The predicted molar refractivity (Wildman–Crippen MR) is 86.8 cm³/mol. The van der Waals surface area contributed by atoms with Crippen LogP contribution in [0.1, 0.15) is 40.5 Å². The van der Waals surface area contributed by atoms with E-state index in [-0.39, 0.29) is 11.9 Å². The molecule has 3 rings (SSSR count). The maximum absolute atomic E-state index is 11.8. The molecule has 1 fully saturated rings. The Bertz CT molecular complexity index is 718. The molecule has 1 aliphatic rings. The van der Waals surface area contributed by atoms with Crippen LogP contribution in [0.3, 0.4) is 0 Å². The van der Waals surface area contributed by atoms with Crippen molar-refractivity contribution in [1.29, 1.82) is 0 Å². The topological polar surface area (TPSA) is 79.4 Å². The van der Waals surface area contributed by atoms with E-state index in [4.69, 9.17) is 15.2 Å². The molecule has 1 aromatic carbocycles. The number of ether oxygens (including phenoxy) is 2. The zero-order valence-electron chi connectivity index (χ0n) is 13.4. The normalized spacial score (nSPS) is 17.9. The summed E-state index contributed by atoms with van der Waals surface area (Å²) in [6.07, 6.45) is 5.75. The number of carbonyl (C=O) groups is 1. The van der Waals surface area contributed by atoms with Crippen LogP contribution < -0.4 is 5.73 Å². The van der Waals surface area contributed by atoms with Crippen molar-refractivity contribution >= 4 is 11.7 Å². The number of benzene rings is 1. The molecule has 2 N–H and O–H groups in total. The maximum atomic E-state index is 11.8. The Hall–Kier alpha value is -2.34. The lowest BCUT2D eigenvalue weighted by Crippen LogP contribution is -2.19. The molecule has 0 amide bonds. The molecule has 1 saturated heterocycles. The number of anilines is 1. The van der Waals surface area contributed by atoms with Crippen molar-refractivity contribution in [1.82, 2.24) is 9.55 Å². The van der Waals surface area contributed by atoms with Crippen molar-refractivity contribution in [2.75, 3.05) is 26.1 Å². The molecule has 1 atom stereocenters. The van der Waals surface area contributed by atoms with Crippen molar-refractivity contribution in [2.24, 2.45) is 0 Å². The lowest BCUT2D eigenvalue weighted by Gasteiger charge is -2.23. The van der Waals surface area contributed by atoms with Gasteiger partial charge in [-0.3, -0.25) is 0 Å². The molecule has 2 aromatic rings. The first-order valence-corrected chi connectivity index (χ1v) is 7.71. The minimum atomic E-state index is -0.382. The van der Waals surface area contributed by atoms with E-state index in [1.165, 1.54) is 7.11 Å². The zero-order valence-corrected chi connectivity index (χ0v) is 13.4. The third-order valence-corrected chi connectivity index (χ3v) is 4.23. The summed E-state index contributed by atoms with van der Waals surface area (Å²) in [6.45, 7) is 3.36. The van der Waals surface area contributed by atoms with E-state index in [1.54, 1.807) is 12.3 Å². The number of imidazole rings is 1. The molecule has 6 heteroatoms. The van der Waals surface area contributed by atoms with E-state index in [0.29, 0.717) is 17.9 Å². The molecule has 2 heterocycles. The second-order valence-electron chi connectivity index (χ2n) is 5.79. The third-order valence-electron chi connectivity index (χ3n) is 4.23. The Morgan fingerprint density at radius 1 is 1.48 bits per heavy atom. The SMILES string of the molecule is COC(=O)c1cc(N)c(-n2ccnc2C2CCCOC2)cc1C. The van der Waals surface area contributed by atoms with Gasteiger partial charge in [0.15, 0.2) is 0 Å². The van der Waals surface area contributed by atoms with Crippen LogP contribution in [0.5, 0.6) is 0 Å². The Morgan fingerprint density at radius 3 is 3.00 bits per heavy atom. The zero-order chi connectivity index (χ0) is 16.4. The summed E-state index contributed by atoms with van der Waals surface area (Å²) in [5.41, 5.74) is 8.83. The smallest absolute Gasteiger partial charge is 0.338 e. The number of hydrogen-bond acceptors (Lipinski definition) is 5. The summed E-state index contributed by atoms with van der Waals surface area (Å²) in [4.78, 5) is 16.3. The number of rotatable bonds is 3. The molecule has 1 unspecified atom stereocenters. The highest BCUT2D eigenvalue weighted by Crippen LogP contribution is 2.29. The van der Waals surface area contributed by atoms with Crippen LogP contribution in [0.15, 0.2) is 24.5 Å². The van der Waals surface area contributed by atoms with E-state index in [0.717, 1.165) is 36.5 Å². The molecule has 6 nitrogen and oxygen atoms in total. The van der Waals surface area contributed by atoms with E-state index in [2.05, 4.69) is 4.98 Å². The van der Waals surface area contributed by atoms with Crippen molar-refractivity contribution in [3.63, 3.8) is 0 Å². The van der Waals surface area contributed by atoms with Gasteiger partial charge in [0.1, 0.15) is 5.82 Å². The number of aromatic nitrogens is 2. The average Bonchev–Trinajstić information content (AvgIpc) is 3.06. The molecule has 0 spiro atoms. The number of esters is 1. The fraction of sp³-hybridized carbons (Fsp3) is 0.412. The molecular formula is C17H21N3O3. The summed E-state index contributed by atoms with van der Waals surface area (Å²) in [7, 11) is 1.36. The maximum Gasteiger partial charge on any atom is 0.338 e. The van der Waals surface area contributed by atoms with Gasteiger partial charge in [0.25, 0.3) is 0 Å². The number of nitrogens with two attached hydrogens (primary N) is 1. The molecule has 0 bridgehead atoms. The molecule has 23 heavy (non-hydrogen) atoms. The monoisotopic (exact) mass is 315 g/mol. The first-order chi connectivity index (χ1) is 11.1. The number of methoxy groups -OCH3 is 1. The van der Waals surface area contributed by atoms with Gasteiger partial charge in [0, 0.05) is 24.9 Å². The summed E-state index contributed by atoms with van der Waals surface area (Å²) in [6, 6.07) is 3.56. The fourth-order valence-electron chi connectivity index (χ4n) is 3.01. The van der Waals surface area contributed by atoms with E-state index >= 15 is 0 Å². The number of nitrogens with zero attached hydrogens (tertiary/aromatic N) is 2. The highest BCUT2D eigenvalue weighted by molar-refractivity contribution is 5.93. The second kappa shape index (κ2) is 6.42. The summed E-state index contributed by atoms with van der Waals surface area (Å²) >= 11 is 0. The first-order valence-electron chi connectivity index (χ1n) is 7.71. The van der Waals surface area contributed by atoms with Crippen molar-refractivity contribution < 1.29 is 14.3 Å². The van der Waals surface area contributed by atoms with Gasteiger partial charge < -0.3 is 19.8 Å². The van der Waals surface area contributed by atoms with Crippen LogP contribution in [0.4, 0.5) is 5.69 Å². The third kappa shape index (κ3) is 2.94. The van der Waals surface area contributed by atoms with Gasteiger partial charge in [0.2, 0.25) is 0 Å². The molecular weight excluding hydrogens is 294 g/mol. The fourth-order valence-corrected chi connectivity index (χ4v) is 3.01. The van der Waals surface area contributed by atoms with Gasteiger partial charge in [-0.15, -0.1) is 0 Å². The number of aryl methyl sites for hydroxylation is 1. The Balaban J connectivity index is 2.01. The van der Waals surface area contributed by atoms with Gasteiger partial charge in [-0.1, -0.05) is 0 Å². The lowest BCUT2D eigenvalue weighted by molar-refractivity contribution is 0.0600. The van der Waals surface area contributed by atoms with Crippen molar-refractivity contribution in [3.05, 3.63) is 41.5 Å². The van der Waals surface area contributed by atoms with Crippen LogP contribution in [0, 0.1) is 6.92 Å². The minimum Gasteiger partial charge on any atom is -0.465 e. The van der Waals surface area contributed by atoms with E-state index in [1.807, 2.05) is 23.8 Å². The second-order valence-corrected chi connectivity index (χ2v) is 5.79. The molecule has 122 valence electrons. The standard InChI is InChI=1S/C17H21N3O3/c1-11-8-15(14(18)9-13(11)17(21)22-2)20-6-5-19-16(20)12-4-3-7-23-10-12/h5-6,8-9,12H,3-4,7,10,18H2,1-2H3. The van der Waals surface area contributed by atoms with Gasteiger partial charge in [-0.25, -0.2) is 9.78 Å². The van der Waals surface area contributed by atoms with E-state index in [9.17, 15) is 4.79 Å². The first kappa shape index (κ1) is 15.6. The van der Waals surface area contributed by atoms with Crippen LogP contribution in [0.2, 0.25) is 0 Å². The van der Waals surface area contributed by atoms with Crippen LogP contribution in [-0.2, 0) is 9.47 Å². The number of hydrogen-bond donors (Lipinski definition) is 1. The molecule has 1 aliphatic heterocycles. The van der Waals surface area contributed by atoms with Crippen LogP contribution in [0.25, 0.3) is 5.69 Å². The number of carbonyl (C=O) groups excluding carboxylic acids is 1. The average molecular weight is 315 g/mol. The lowest BCUT2D eigenvalue weighted by atomic mass is 10.0. The quantitative estimate of drug-likeness (QED) is 0.695. The van der Waals surface area contributed by atoms with Gasteiger partial charge >= 0.3 is 5.97 Å². The number of nitrogen functional groups attached to an aromatic ring is 1. The van der Waals surface area contributed by atoms with Gasteiger partial charge in [-0.05, 0) is 37.5 Å². The van der Waals surface area contributed by atoms with Gasteiger partial charge in [-0.2, -0.15) is 0 Å². The van der Waals surface area contributed by atoms with Crippen molar-refractivity contribution in [2.45, 2.75) is 25.7 Å². The van der Waals surface area contributed by atoms with Crippen LogP contribution in [-0.4, -0.2) is 35.8 Å². The predicted octanol–water partition coefficient (Wildman–Crippen LogP) is 2.44. The van der Waals surface area contributed by atoms with Crippen LogP contribution >= 0.6 is 0 Å². The van der Waals surface area contributed by atoms with Crippen molar-refractivity contribution in [3.8, 4) is 5.69 Å². The minimum absolute atomic E-state index is 0.263. The summed E-state index contributed by atoms with van der Waals surface area (Å²) in [5, 5.41) is 0. The van der Waals surface area contributed by atoms with Gasteiger partial charge in [0.05, 0.1) is 30.7 Å². The Labute approximate surface area is 135 Å². The summed E-state index contributed by atoms with van der Waals surface area (Å²) in [5.74, 6) is 0.827. The molecule has 1 aromatic heterocycles. The highest BCUT2D eigenvalue weighted by Gasteiger charge is 2.22. The summed E-state index contributed by atoms with van der Waals surface area (Å²) < 4.78 is 12.4. The highest BCUT2D eigenvalue weighted by atomic mass is 16.5.